The molecular weight excluding hydrogens is 306 g/mol. The molecule has 1 heterocycles. The van der Waals surface area contributed by atoms with Gasteiger partial charge in [-0.05, 0) is 52.0 Å². The number of hydrogen-bond donors (Lipinski definition) is 1. The fourth-order valence-corrected chi connectivity index (χ4v) is 3.12. The molecule has 0 bridgehead atoms. The van der Waals surface area contributed by atoms with E-state index in [9.17, 15) is 4.79 Å². The highest BCUT2D eigenvalue weighted by Crippen LogP contribution is 2.20. The monoisotopic (exact) mass is 331 g/mol. The van der Waals surface area contributed by atoms with Gasteiger partial charge < -0.3 is 5.32 Å². The van der Waals surface area contributed by atoms with Crippen molar-refractivity contribution in [2.45, 2.75) is 51.5 Å². The maximum atomic E-state index is 12.1. The average Bonchev–Trinajstić information content (AvgIpc) is 2.86. The van der Waals surface area contributed by atoms with Crippen molar-refractivity contribution in [1.29, 1.82) is 0 Å². The third-order valence-corrected chi connectivity index (χ3v) is 4.55. The van der Waals surface area contributed by atoms with Crippen LogP contribution in [-0.4, -0.2) is 21.4 Å². The van der Waals surface area contributed by atoms with Crippen molar-refractivity contribution >= 4 is 23.5 Å². The largest absolute Gasteiger partial charge is 0.311 e. The number of benzene rings is 1. The van der Waals surface area contributed by atoms with Crippen molar-refractivity contribution in [3.05, 3.63) is 41.6 Å². The maximum absolute atomic E-state index is 12.1. The molecule has 0 aliphatic carbocycles. The van der Waals surface area contributed by atoms with E-state index in [2.05, 4.69) is 55.5 Å². The van der Waals surface area contributed by atoms with E-state index in [1.807, 2.05) is 17.7 Å². The third kappa shape index (κ3) is 5.43. The summed E-state index contributed by atoms with van der Waals surface area (Å²) in [5.41, 5.74) is 2.19. The lowest BCUT2D eigenvalue weighted by Crippen LogP contribution is -2.16. The summed E-state index contributed by atoms with van der Waals surface area (Å²) >= 11 is 1.79. The summed E-state index contributed by atoms with van der Waals surface area (Å²) < 4.78 is 1.86. The second kappa shape index (κ2) is 8.20. The molecule has 0 fully saturated rings. The van der Waals surface area contributed by atoms with Gasteiger partial charge in [0.05, 0.1) is 5.69 Å². The van der Waals surface area contributed by atoms with Gasteiger partial charge in [0.2, 0.25) is 5.91 Å². The summed E-state index contributed by atoms with van der Waals surface area (Å²) in [7, 11) is 0. The molecule has 0 aliphatic rings. The first-order chi connectivity index (χ1) is 11.0. The minimum Gasteiger partial charge on any atom is -0.311 e. The Bertz CT molecular complexity index is 647. The first-order valence-electron chi connectivity index (χ1n) is 8.01. The molecule has 5 heteroatoms. The minimum atomic E-state index is 0.0521. The van der Waals surface area contributed by atoms with Crippen molar-refractivity contribution in [2.24, 2.45) is 0 Å². The average molecular weight is 331 g/mol. The Morgan fingerprint density at radius 2 is 1.96 bits per heavy atom. The predicted octanol–water partition coefficient (Wildman–Crippen LogP) is 4.59. The standard InChI is InChI=1S/C18H25N3OS/c1-13(2)21-17(12-15(4)20-21)19-18(22)6-5-11-23-16-9-7-14(3)8-10-16/h7-10,12-13H,5-6,11H2,1-4H3,(H,19,22). The smallest absolute Gasteiger partial charge is 0.225 e. The molecule has 1 N–H and O–H groups in total. The highest BCUT2D eigenvalue weighted by atomic mass is 32.2. The van der Waals surface area contributed by atoms with Gasteiger partial charge in [-0.25, -0.2) is 4.68 Å². The summed E-state index contributed by atoms with van der Waals surface area (Å²) in [6.45, 7) is 8.13. The van der Waals surface area contributed by atoms with Gasteiger partial charge in [0.1, 0.15) is 5.82 Å². The number of aryl methyl sites for hydroxylation is 2. The highest BCUT2D eigenvalue weighted by Gasteiger charge is 2.11. The number of carbonyl (C=O) groups is 1. The summed E-state index contributed by atoms with van der Waals surface area (Å²) in [6, 6.07) is 10.6. The molecular formula is C18H25N3OS. The number of hydrogen-bond acceptors (Lipinski definition) is 3. The van der Waals surface area contributed by atoms with Gasteiger partial charge in [-0.2, -0.15) is 5.10 Å². The normalized spacial score (nSPS) is 11.0. The predicted molar refractivity (Wildman–Crippen MR) is 97.1 cm³/mol. The van der Waals surface area contributed by atoms with E-state index in [4.69, 9.17) is 0 Å². The number of thioether (sulfide) groups is 1. The molecule has 1 aromatic carbocycles. The van der Waals surface area contributed by atoms with Crippen LogP contribution in [0.15, 0.2) is 35.2 Å². The van der Waals surface area contributed by atoms with Gasteiger partial charge >= 0.3 is 0 Å². The molecule has 4 nitrogen and oxygen atoms in total. The molecule has 2 aromatic rings. The summed E-state index contributed by atoms with van der Waals surface area (Å²) in [4.78, 5) is 13.3. The second-order valence-corrected chi connectivity index (χ2v) is 7.19. The van der Waals surface area contributed by atoms with E-state index < -0.39 is 0 Å². The molecule has 23 heavy (non-hydrogen) atoms. The summed E-state index contributed by atoms with van der Waals surface area (Å²) in [5, 5.41) is 7.38. The zero-order valence-electron chi connectivity index (χ0n) is 14.3. The van der Waals surface area contributed by atoms with E-state index in [0.29, 0.717) is 6.42 Å². The van der Waals surface area contributed by atoms with Crippen molar-refractivity contribution < 1.29 is 4.79 Å². The summed E-state index contributed by atoms with van der Waals surface area (Å²) in [5.74, 6) is 1.78. The van der Waals surface area contributed by atoms with E-state index in [-0.39, 0.29) is 11.9 Å². The number of carbonyl (C=O) groups excluding carboxylic acids is 1. The van der Waals surface area contributed by atoms with E-state index >= 15 is 0 Å². The van der Waals surface area contributed by atoms with Crippen LogP contribution in [0.5, 0.6) is 0 Å². The maximum Gasteiger partial charge on any atom is 0.225 e. The molecule has 0 saturated heterocycles. The Morgan fingerprint density at radius 1 is 1.26 bits per heavy atom. The zero-order chi connectivity index (χ0) is 16.8. The number of nitrogens with one attached hydrogen (secondary N) is 1. The topological polar surface area (TPSA) is 46.9 Å². The highest BCUT2D eigenvalue weighted by molar-refractivity contribution is 7.99. The number of aromatic nitrogens is 2. The van der Waals surface area contributed by atoms with Gasteiger partial charge in [-0.3, -0.25) is 4.79 Å². The van der Waals surface area contributed by atoms with Gasteiger partial charge in [0.25, 0.3) is 0 Å². The summed E-state index contributed by atoms with van der Waals surface area (Å²) in [6.07, 6.45) is 1.39. The van der Waals surface area contributed by atoms with Crippen molar-refractivity contribution in [3.8, 4) is 0 Å². The Hall–Kier alpha value is -1.75. The molecule has 124 valence electrons. The van der Waals surface area contributed by atoms with E-state index in [1.165, 1.54) is 10.5 Å². The van der Waals surface area contributed by atoms with E-state index in [0.717, 1.165) is 23.7 Å². The van der Waals surface area contributed by atoms with Crippen LogP contribution >= 0.6 is 11.8 Å². The molecule has 0 saturated carbocycles. The minimum absolute atomic E-state index is 0.0521. The van der Waals surface area contributed by atoms with Gasteiger partial charge in [0.15, 0.2) is 0 Å². The third-order valence-electron chi connectivity index (χ3n) is 3.45. The lowest BCUT2D eigenvalue weighted by molar-refractivity contribution is -0.116. The van der Waals surface area contributed by atoms with Crippen LogP contribution in [0.1, 0.15) is 44.0 Å². The van der Waals surface area contributed by atoms with Gasteiger partial charge in [-0.15, -0.1) is 11.8 Å². The number of nitrogens with zero attached hydrogens (tertiary/aromatic N) is 2. The van der Waals surface area contributed by atoms with Gasteiger partial charge in [0, 0.05) is 23.4 Å². The first-order valence-corrected chi connectivity index (χ1v) is 8.99. The van der Waals surface area contributed by atoms with Crippen LogP contribution < -0.4 is 5.32 Å². The Labute approximate surface area is 142 Å². The first kappa shape index (κ1) is 17.6. The molecule has 0 atom stereocenters. The number of anilines is 1. The zero-order valence-corrected chi connectivity index (χ0v) is 15.1. The molecule has 0 aliphatic heterocycles. The fourth-order valence-electron chi connectivity index (χ4n) is 2.27. The SMILES string of the molecule is Cc1ccc(SCCCC(=O)Nc2cc(C)nn2C(C)C)cc1. The molecule has 0 spiro atoms. The lowest BCUT2D eigenvalue weighted by atomic mass is 10.2. The van der Waals surface area contributed by atoms with Crippen LogP contribution in [0.4, 0.5) is 5.82 Å². The lowest BCUT2D eigenvalue weighted by Gasteiger charge is -2.11. The number of amides is 1. The molecule has 0 unspecified atom stereocenters. The molecule has 1 aromatic heterocycles. The van der Waals surface area contributed by atoms with E-state index in [1.54, 1.807) is 11.8 Å². The Balaban J connectivity index is 1.76. The second-order valence-electron chi connectivity index (χ2n) is 6.02. The quantitative estimate of drug-likeness (QED) is 0.596. The van der Waals surface area contributed by atoms with Crippen molar-refractivity contribution in [3.63, 3.8) is 0 Å². The fraction of sp³-hybridized carbons (Fsp3) is 0.444. The van der Waals surface area contributed by atoms with Crippen LogP contribution in [0.25, 0.3) is 0 Å². The molecule has 2 rings (SSSR count). The van der Waals surface area contributed by atoms with Crippen LogP contribution in [-0.2, 0) is 4.79 Å². The molecule has 0 radical (unpaired) electrons. The van der Waals surface area contributed by atoms with Crippen LogP contribution in [0, 0.1) is 13.8 Å². The van der Waals surface area contributed by atoms with Gasteiger partial charge in [-0.1, -0.05) is 17.7 Å². The van der Waals surface area contributed by atoms with Crippen molar-refractivity contribution in [2.75, 3.05) is 11.1 Å². The Kier molecular flexibility index (Phi) is 6.28. The number of rotatable bonds is 7. The Morgan fingerprint density at radius 3 is 2.61 bits per heavy atom. The van der Waals surface area contributed by atoms with Crippen LogP contribution in [0.2, 0.25) is 0 Å². The van der Waals surface area contributed by atoms with Crippen molar-refractivity contribution in [1.82, 2.24) is 9.78 Å². The van der Waals surface area contributed by atoms with Crippen LogP contribution in [0.3, 0.4) is 0 Å². The molecule has 1 amide bonds.